The van der Waals surface area contributed by atoms with Crippen LogP contribution in [-0.4, -0.2) is 37.8 Å². The van der Waals surface area contributed by atoms with Gasteiger partial charge in [0.05, 0.1) is 18.4 Å². The van der Waals surface area contributed by atoms with Gasteiger partial charge >= 0.3 is 5.97 Å². The first-order chi connectivity index (χ1) is 8.08. The van der Waals surface area contributed by atoms with Gasteiger partial charge in [-0.2, -0.15) is 0 Å². The van der Waals surface area contributed by atoms with Crippen molar-refractivity contribution in [3.63, 3.8) is 0 Å². The molecule has 0 spiro atoms. The van der Waals surface area contributed by atoms with Gasteiger partial charge in [-0.3, -0.25) is 0 Å². The molecule has 1 aromatic rings. The Morgan fingerprint density at radius 3 is 2.76 bits per heavy atom. The SMILES string of the molecule is CNCC(C)Oc1ccc(C(=O)OC)c(C)n1. The van der Waals surface area contributed by atoms with E-state index in [0.29, 0.717) is 17.1 Å². The van der Waals surface area contributed by atoms with Crippen molar-refractivity contribution in [1.29, 1.82) is 0 Å². The number of carbonyl (C=O) groups is 1. The summed E-state index contributed by atoms with van der Waals surface area (Å²) in [5.41, 5.74) is 1.06. The Balaban J connectivity index is 2.78. The van der Waals surface area contributed by atoms with Crippen LogP contribution in [0, 0.1) is 6.92 Å². The molecule has 0 aliphatic rings. The van der Waals surface area contributed by atoms with Crippen LogP contribution in [0.1, 0.15) is 23.0 Å². The highest BCUT2D eigenvalue weighted by Gasteiger charge is 2.12. The summed E-state index contributed by atoms with van der Waals surface area (Å²) in [7, 11) is 3.21. The second-order valence-corrected chi connectivity index (χ2v) is 3.76. The number of aromatic nitrogens is 1. The van der Waals surface area contributed by atoms with Gasteiger partial charge in [0, 0.05) is 12.6 Å². The Bertz CT molecular complexity index is 393. The van der Waals surface area contributed by atoms with Crippen LogP contribution in [-0.2, 0) is 4.74 Å². The van der Waals surface area contributed by atoms with E-state index in [2.05, 4.69) is 15.0 Å². The Labute approximate surface area is 101 Å². The summed E-state index contributed by atoms with van der Waals surface area (Å²) in [5.74, 6) is 0.128. The van der Waals surface area contributed by atoms with Crippen molar-refractivity contribution in [2.24, 2.45) is 0 Å². The van der Waals surface area contributed by atoms with Crippen molar-refractivity contribution >= 4 is 5.97 Å². The molecule has 0 aliphatic carbocycles. The zero-order valence-corrected chi connectivity index (χ0v) is 10.6. The summed E-state index contributed by atoms with van der Waals surface area (Å²) in [5, 5.41) is 3.01. The molecular formula is C12H18N2O3. The number of nitrogens with one attached hydrogen (secondary N) is 1. The molecule has 94 valence electrons. The fourth-order valence-electron chi connectivity index (χ4n) is 1.46. The third-order valence-electron chi connectivity index (χ3n) is 2.28. The first-order valence-corrected chi connectivity index (χ1v) is 5.45. The van der Waals surface area contributed by atoms with Crippen LogP contribution in [0.15, 0.2) is 12.1 Å². The average Bonchev–Trinajstić information content (AvgIpc) is 2.28. The molecule has 0 bridgehead atoms. The lowest BCUT2D eigenvalue weighted by Crippen LogP contribution is -2.26. The summed E-state index contributed by atoms with van der Waals surface area (Å²) in [6.45, 7) is 4.43. The van der Waals surface area contributed by atoms with Gasteiger partial charge in [0.15, 0.2) is 0 Å². The van der Waals surface area contributed by atoms with E-state index in [4.69, 9.17) is 4.74 Å². The lowest BCUT2D eigenvalue weighted by Gasteiger charge is -2.14. The second-order valence-electron chi connectivity index (χ2n) is 3.76. The summed E-state index contributed by atoms with van der Waals surface area (Å²) in [4.78, 5) is 15.6. The van der Waals surface area contributed by atoms with Gasteiger partial charge in [0.2, 0.25) is 5.88 Å². The van der Waals surface area contributed by atoms with Crippen LogP contribution < -0.4 is 10.1 Å². The minimum atomic E-state index is -0.384. The Morgan fingerprint density at radius 1 is 1.53 bits per heavy atom. The molecule has 0 radical (unpaired) electrons. The third kappa shape index (κ3) is 3.71. The molecule has 1 unspecified atom stereocenters. The van der Waals surface area contributed by atoms with Crippen LogP contribution in [0.5, 0.6) is 5.88 Å². The number of carbonyl (C=O) groups excluding carboxylic acids is 1. The molecule has 1 N–H and O–H groups in total. The van der Waals surface area contributed by atoms with Crippen molar-refractivity contribution in [2.45, 2.75) is 20.0 Å². The molecule has 0 aromatic carbocycles. The van der Waals surface area contributed by atoms with Crippen LogP contribution in [0.3, 0.4) is 0 Å². The number of hydrogen-bond acceptors (Lipinski definition) is 5. The molecule has 0 aliphatic heterocycles. The Morgan fingerprint density at radius 2 is 2.24 bits per heavy atom. The number of hydrogen-bond donors (Lipinski definition) is 1. The highest BCUT2D eigenvalue weighted by atomic mass is 16.5. The van der Waals surface area contributed by atoms with Crippen molar-refractivity contribution in [3.8, 4) is 5.88 Å². The first kappa shape index (κ1) is 13.4. The smallest absolute Gasteiger partial charge is 0.339 e. The van der Waals surface area contributed by atoms with E-state index < -0.39 is 0 Å². The minimum absolute atomic E-state index is 0.0240. The van der Waals surface area contributed by atoms with E-state index in [1.54, 1.807) is 19.1 Å². The van der Waals surface area contributed by atoms with Crippen molar-refractivity contribution in [3.05, 3.63) is 23.4 Å². The van der Waals surface area contributed by atoms with Crippen LogP contribution in [0.4, 0.5) is 0 Å². The van der Waals surface area contributed by atoms with Gasteiger partial charge in [-0.25, -0.2) is 9.78 Å². The van der Waals surface area contributed by atoms with Gasteiger partial charge in [-0.1, -0.05) is 0 Å². The number of rotatable bonds is 5. The van der Waals surface area contributed by atoms with Crippen LogP contribution in [0.25, 0.3) is 0 Å². The standard InChI is InChI=1S/C12H18N2O3/c1-8(7-13-3)17-11-6-5-10(9(2)14-11)12(15)16-4/h5-6,8,13H,7H2,1-4H3. The number of nitrogens with zero attached hydrogens (tertiary/aromatic N) is 1. The number of aryl methyl sites for hydroxylation is 1. The van der Waals surface area contributed by atoms with Crippen molar-refractivity contribution in [1.82, 2.24) is 10.3 Å². The van der Waals surface area contributed by atoms with Gasteiger partial charge in [-0.15, -0.1) is 0 Å². The maximum absolute atomic E-state index is 11.4. The van der Waals surface area contributed by atoms with E-state index in [0.717, 1.165) is 6.54 Å². The van der Waals surface area contributed by atoms with Gasteiger partial charge in [0.1, 0.15) is 6.10 Å². The van der Waals surface area contributed by atoms with Crippen molar-refractivity contribution < 1.29 is 14.3 Å². The number of likely N-dealkylation sites (N-methyl/N-ethyl adjacent to an activating group) is 1. The maximum atomic E-state index is 11.4. The maximum Gasteiger partial charge on any atom is 0.339 e. The van der Waals surface area contributed by atoms with Gasteiger partial charge in [0.25, 0.3) is 0 Å². The molecule has 1 atom stereocenters. The first-order valence-electron chi connectivity index (χ1n) is 5.45. The minimum Gasteiger partial charge on any atom is -0.473 e. The lowest BCUT2D eigenvalue weighted by atomic mass is 10.2. The van der Waals surface area contributed by atoms with Gasteiger partial charge < -0.3 is 14.8 Å². The second kappa shape index (κ2) is 6.20. The van der Waals surface area contributed by atoms with E-state index in [-0.39, 0.29) is 12.1 Å². The zero-order chi connectivity index (χ0) is 12.8. The Kier molecular flexibility index (Phi) is 4.90. The number of methoxy groups -OCH3 is 1. The molecule has 5 nitrogen and oxygen atoms in total. The van der Waals surface area contributed by atoms with E-state index in [9.17, 15) is 4.79 Å². The number of pyridine rings is 1. The zero-order valence-electron chi connectivity index (χ0n) is 10.6. The highest BCUT2D eigenvalue weighted by molar-refractivity contribution is 5.90. The van der Waals surface area contributed by atoms with Crippen molar-refractivity contribution in [2.75, 3.05) is 20.7 Å². The molecule has 0 amide bonds. The summed E-state index contributed by atoms with van der Waals surface area (Å²) in [6, 6.07) is 3.33. The largest absolute Gasteiger partial charge is 0.473 e. The molecule has 1 aromatic heterocycles. The topological polar surface area (TPSA) is 60.5 Å². The molecular weight excluding hydrogens is 220 g/mol. The number of esters is 1. The highest BCUT2D eigenvalue weighted by Crippen LogP contribution is 2.14. The predicted molar refractivity (Wildman–Crippen MR) is 64.3 cm³/mol. The van der Waals surface area contributed by atoms with E-state index in [1.165, 1.54) is 7.11 Å². The summed E-state index contributed by atoms with van der Waals surface area (Å²) >= 11 is 0. The fourth-order valence-corrected chi connectivity index (χ4v) is 1.46. The summed E-state index contributed by atoms with van der Waals surface area (Å²) in [6.07, 6.45) is 0.0240. The molecule has 0 fully saturated rings. The van der Waals surface area contributed by atoms with Gasteiger partial charge in [-0.05, 0) is 27.0 Å². The quantitative estimate of drug-likeness (QED) is 0.780. The third-order valence-corrected chi connectivity index (χ3v) is 2.28. The van der Waals surface area contributed by atoms with E-state index >= 15 is 0 Å². The normalized spacial score (nSPS) is 12.0. The molecule has 0 saturated carbocycles. The molecule has 1 rings (SSSR count). The molecule has 17 heavy (non-hydrogen) atoms. The van der Waals surface area contributed by atoms with Crippen LogP contribution in [0.2, 0.25) is 0 Å². The Hall–Kier alpha value is -1.62. The fraction of sp³-hybridized carbons (Fsp3) is 0.500. The molecule has 0 saturated heterocycles. The lowest BCUT2D eigenvalue weighted by molar-refractivity contribution is 0.0599. The van der Waals surface area contributed by atoms with Crippen LogP contribution >= 0.6 is 0 Å². The van der Waals surface area contributed by atoms with E-state index in [1.807, 2.05) is 14.0 Å². The predicted octanol–water partition coefficient (Wildman–Crippen LogP) is 1.16. The molecule has 5 heteroatoms. The number of ether oxygens (including phenoxy) is 2. The molecule has 1 heterocycles. The summed E-state index contributed by atoms with van der Waals surface area (Å²) < 4.78 is 10.2. The average molecular weight is 238 g/mol. The monoisotopic (exact) mass is 238 g/mol.